The first kappa shape index (κ1) is 21.5. The molecule has 0 atom stereocenters. The van der Waals surface area contributed by atoms with E-state index in [0.29, 0.717) is 5.84 Å². The van der Waals surface area contributed by atoms with Crippen LogP contribution in [0.15, 0.2) is 28.9 Å². The minimum Gasteiger partial charge on any atom is -0.483 e. The van der Waals surface area contributed by atoms with E-state index >= 15 is 0 Å². The molecule has 7 heteroatoms. The number of aliphatic imine (C=N–C) groups is 1. The number of benzene rings is 1. The van der Waals surface area contributed by atoms with Gasteiger partial charge in [-0.1, -0.05) is 39.5 Å². The maximum Gasteiger partial charge on any atom is 0.344 e. The van der Waals surface area contributed by atoms with E-state index in [9.17, 15) is 9.59 Å². The van der Waals surface area contributed by atoms with Crippen molar-refractivity contribution in [2.45, 2.75) is 58.8 Å². The molecule has 2 rings (SSSR count). The van der Waals surface area contributed by atoms with Crippen molar-refractivity contribution < 1.29 is 24.5 Å². The Balaban J connectivity index is 2.22. The number of fused-ring (bicyclic) bond motifs is 1. The molecule has 0 aromatic heterocycles. The van der Waals surface area contributed by atoms with E-state index in [4.69, 9.17) is 14.9 Å². The Morgan fingerprint density at radius 1 is 1.07 bits per heavy atom. The second-order valence-electron chi connectivity index (χ2n) is 6.82. The van der Waals surface area contributed by atoms with Gasteiger partial charge in [0.2, 0.25) is 0 Å². The van der Waals surface area contributed by atoms with Gasteiger partial charge in [-0.05, 0) is 42.5 Å². The van der Waals surface area contributed by atoms with E-state index in [1.165, 1.54) is 30.4 Å². The predicted molar refractivity (Wildman–Crippen MR) is 108 cm³/mol. The Labute approximate surface area is 165 Å². The van der Waals surface area contributed by atoms with Crippen LogP contribution in [0.1, 0.15) is 57.1 Å². The summed E-state index contributed by atoms with van der Waals surface area (Å²) in [4.78, 5) is 25.8. The SMILES string of the molecule is CCCCCCc1cc2c(cc1CCC)OCC(=NC=C(C(=O)O)C(=O)O)N2. The zero-order valence-electron chi connectivity index (χ0n) is 16.5. The van der Waals surface area contributed by atoms with Crippen LogP contribution in [-0.2, 0) is 22.4 Å². The number of nitrogens with zero attached hydrogens (tertiary/aromatic N) is 1. The minimum atomic E-state index is -1.53. The highest BCUT2D eigenvalue weighted by Crippen LogP contribution is 2.33. The van der Waals surface area contributed by atoms with E-state index in [0.717, 1.165) is 43.3 Å². The topological polar surface area (TPSA) is 108 Å². The van der Waals surface area contributed by atoms with Crippen molar-refractivity contribution in [1.82, 2.24) is 0 Å². The summed E-state index contributed by atoms with van der Waals surface area (Å²) in [5, 5.41) is 20.9. The highest BCUT2D eigenvalue weighted by molar-refractivity contribution is 6.12. The number of amidine groups is 1. The lowest BCUT2D eigenvalue weighted by molar-refractivity contribution is -0.140. The van der Waals surface area contributed by atoms with Gasteiger partial charge in [-0.3, -0.25) is 0 Å². The number of ether oxygens (including phenoxy) is 1. The predicted octanol–water partition coefficient (Wildman–Crippen LogP) is 4.02. The van der Waals surface area contributed by atoms with Crippen LogP contribution in [0.3, 0.4) is 0 Å². The fourth-order valence-electron chi connectivity index (χ4n) is 3.11. The standard InChI is InChI=1S/C21H28N2O5/c1-3-5-6-7-9-15-10-17-18(11-14(15)8-4-2)28-13-19(23-17)22-12-16(20(24)25)21(26)27/h10-12H,3-9,13H2,1-2H3,(H,22,23)(H,24,25)(H,26,27). The molecule has 3 N–H and O–H groups in total. The third kappa shape index (κ3) is 5.84. The quantitative estimate of drug-likeness (QED) is 0.242. The Kier molecular flexibility index (Phi) is 8.04. The summed E-state index contributed by atoms with van der Waals surface area (Å²) in [6.07, 6.45) is 8.64. The average Bonchev–Trinajstić information content (AvgIpc) is 2.65. The monoisotopic (exact) mass is 388 g/mol. The number of aryl methyl sites for hydroxylation is 2. The van der Waals surface area contributed by atoms with Crippen LogP contribution in [0.4, 0.5) is 5.69 Å². The number of anilines is 1. The number of nitrogens with one attached hydrogen (secondary N) is 1. The molecular formula is C21H28N2O5. The summed E-state index contributed by atoms with van der Waals surface area (Å²) in [7, 11) is 0. The van der Waals surface area contributed by atoms with Crippen LogP contribution in [0.5, 0.6) is 5.75 Å². The molecular weight excluding hydrogens is 360 g/mol. The van der Waals surface area contributed by atoms with E-state index in [2.05, 4.69) is 36.3 Å². The van der Waals surface area contributed by atoms with Crippen LogP contribution < -0.4 is 10.1 Å². The largest absolute Gasteiger partial charge is 0.483 e. The van der Waals surface area contributed by atoms with Crippen molar-refractivity contribution in [3.05, 3.63) is 35.0 Å². The molecule has 0 saturated carbocycles. The van der Waals surface area contributed by atoms with Crippen LogP contribution in [0.2, 0.25) is 0 Å². The molecule has 0 spiro atoms. The number of carbonyl (C=O) groups is 2. The summed E-state index contributed by atoms with van der Waals surface area (Å²) >= 11 is 0. The molecule has 0 amide bonds. The molecule has 28 heavy (non-hydrogen) atoms. The molecule has 1 aromatic carbocycles. The maximum atomic E-state index is 10.9. The van der Waals surface area contributed by atoms with Gasteiger partial charge in [-0.15, -0.1) is 0 Å². The van der Waals surface area contributed by atoms with Crippen LogP contribution in [0, 0.1) is 0 Å². The average molecular weight is 388 g/mol. The number of carboxylic acid groups (broad SMARTS) is 2. The fraction of sp³-hybridized carbons (Fsp3) is 0.476. The first-order valence-electron chi connectivity index (χ1n) is 9.75. The van der Waals surface area contributed by atoms with Crippen LogP contribution >= 0.6 is 0 Å². The number of unbranched alkanes of at least 4 members (excludes halogenated alkanes) is 3. The minimum absolute atomic E-state index is 0.122. The highest BCUT2D eigenvalue weighted by atomic mass is 16.5. The molecule has 0 unspecified atom stereocenters. The zero-order valence-corrected chi connectivity index (χ0v) is 16.5. The molecule has 1 aliphatic rings. The number of aliphatic carboxylic acids is 2. The Morgan fingerprint density at radius 2 is 1.79 bits per heavy atom. The van der Waals surface area contributed by atoms with Crippen molar-refractivity contribution in [1.29, 1.82) is 0 Å². The number of rotatable bonds is 10. The van der Waals surface area contributed by atoms with E-state index in [-0.39, 0.29) is 6.61 Å². The third-order valence-electron chi connectivity index (χ3n) is 4.57. The maximum absolute atomic E-state index is 10.9. The van der Waals surface area contributed by atoms with Gasteiger partial charge < -0.3 is 20.3 Å². The lowest BCUT2D eigenvalue weighted by Crippen LogP contribution is -2.26. The second kappa shape index (κ2) is 10.5. The summed E-state index contributed by atoms with van der Waals surface area (Å²) < 4.78 is 5.76. The van der Waals surface area contributed by atoms with E-state index in [1.807, 2.05) is 0 Å². The zero-order chi connectivity index (χ0) is 20.5. The lowest BCUT2D eigenvalue weighted by atomic mass is 9.96. The molecule has 0 aliphatic carbocycles. The number of hydrogen-bond donors (Lipinski definition) is 3. The number of hydrogen-bond acceptors (Lipinski definition) is 4. The summed E-state index contributed by atoms with van der Waals surface area (Å²) in [5.41, 5.74) is 2.55. The first-order valence-corrected chi connectivity index (χ1v) is 9.75. The van der Waals surface area contributed by atoms with E-state index in [1.54, 1.807) is 0 Å². The summed E-state index contributed by atoms with van der Waals surface area (Å²) in [5.74, 6) is -1.96. The Morgan fingerprint density at radius 3 is 2.43 bits per heavy atom. The second-order valence-corrected chi connectivity index (χ2v) is 6.82. The Hall–Kier alpha value is -2.83. The molecule has 0 radical (unpaired) electrons. The van der Waals surface area contributed by atoms with Gasteiger partial charge in [0.05, 0.1) is 11.9 Å². The molecule has 0 bridgehead atoms. The van der Waals surface area contributed by atoms with Crippen LogP contribution in [0.25, 0.3) is 0 Å². The molecule has 1 heterocycles. The molecule has 152 valence electrons. The van der Waals surface area contributed by atoms with E-state index < -0.39 is 17.5 Å². The van der Waals surface area contributed by atoms with Crippen molar-refractivity contribution in [3.8, 4) is 5.75 Å². The lowest BCUT2D eigenvalue weighted by Gasteiger charge is -2.23. The molecule has 1 aliphatic heterocycles. The smallest absolute Gasteiger partial charge is 0.344 e. The van der Waals surface area contributed by atoms with Gasteiger partial charge in [-0.25, -0.2) is 14.6 Å². The van der Waals surface area contributed by atoms with Gasteiger partial charge in [0.1, 0.15) is 18.2 Å². The van der Waals surface area contributed by atoms with Gasteiger partial charge in [-0.2, -0.15) is 0 Å². The summed E-state index contributed by atoms with van der Waals surface area (Å²) in [6.45, 7) is 4.47. The molecule has 0 saturated heterocycles. The number of carboxylic acids is 2. The molecule has 1 aromatic rings. The van der Waals surface area contributed by atoms with Gasteiger partial charge in [0, 0.05) is 0 Å². The summed E-state index contributed by atoms with van der Waals surface area (Å²) in [6, 6.07) is 4.13. The van der Waals surface area contributed by atoms with Gasteiger partial charge in [0.15, 0.2) is 5.57 Å². The van der Waals surface area contributed by atoms with Gasteiger partial charge >= 0.3 is 11.9 Å². The van der Waals surface area contributed by atoms with Crippen LogP contribution in [-0.4, -0.2) is 34.6 Å². The molecule has 0 fully saturated rings. The Bertz CT molecular complexity index is 767. The fourth-order valence-corrected chi connectivity index (χ4v) is 3.11. The van der Waals surface area contributed by atoms with Crippen molar-refractivity contribution in [2.24, 2.45) is 4.99 Å². The molecule has 7 nitrogen and oxygen atoms in total. The normalized spacial score (nSPS) is 14.0. The first-order chi connectivity index (χ1) is 13.5. The van der Waals surface area contributed by atoms with Gasteiger partial charge in [0.25, 0.3) is 0 Å². The third-order valence-corrected chi connectivity index (χ3v) is 4.57. The highest BCUT2D eigenvalue weighted by Gasteiger charge is 2.19. The van der Waals surface area contributed by atoms with Crippen molar-refractivity contribution >= 4 is 23.5 Å². The van der Waals surface area contributed by atoms with Crippen molar-refractivity contribution in [3.63, 3.8) is 0 Å². The van der Waals surface area contributed by atoms with Crippen molar-refractivity contribution in [2.75, 3.05) is 11.9 Å².